The van der Waals surface area contributed by atoms with E-state index in [1.165, 1.54) is 17.4 Å². The van der Waals surface area contributed by atoms with Gasteiger partial charge in [0, 0.05) is 35.7 Å². The minimum Gasteiger partial charge on any atom is -0.492 e. The SMILES string of the molecule is Cc1nc(-c2cccc(NC(=O)c3c(F)cccc3F)c2)c(-c2ccnc(Nc3cccc(OCCN(C)C)c3)n2)s1. The molecule has 0 aliphatic rings. The van der Waals surface area contributed by atoms with Crippen LogP contribution in [0.25, 0.3) is 21.8 Å². The molecular formula is C31H28F2N6O2S. The van der Waals surface area contributed by atoms with Gasteiger partial charge in [0.15, 0.2) is 0 Å². The molecule has 5 rings (SSSR count). The number of nitrogens with one attached hydrogen (secondary N) is 2. The number of hydrogen-bond donors (Lipinski definition) is 2. The van der Waals surface area contributed by atoms with Crippen LogP contribution in [-0.2, 0) is 0 Å². The number of aromatic nitrogens is 3. The lowest BCUT2D eigenvalue weighted by molar-refractivity contribution is 0.101. The first-order valence-corrected chi connectivity index (χ1v) is 13.9. The van der Waals surface area contributed by atoms with Crippen molar-refractivity contribution >= 4 is 34.6 Å². The Hall–Kier alpha value is -4.74. The molecule has 2 heterocycles. The number of thiazole rings is 1. The van der Waals surface area contributed by atoms with Crippen LogP contribution >= 0.6 is 11.3 Å². The van der Waals surface area contributed by atoms with Crippen LogP contribution < -0.4 is 15.4 Å². The van der Waals surface area contributed by atoms with Crippen molar-refractivity contribution in [3.63, 3.8) is 0 Å². The number of anilines is 3. The van der Waals surface area contributed by atoms with Crippen LogP contribution in [0.3, 0.4) is 0 Å². The molecule has 11 heteroatoms. The largest absolute Gasteiger partial charge is 0.492 e. The van der Waals surface area contributed by atoms with Crippen molar-refractivity contribution in [2.75, 3.05) is 37.9 Å². The maximum atomic E-state index is 14.1. The highest BCUT2D eigenvalue weighted by Crippen LogP contribution is 2.37. The van der Waals surface area contributed by atoms with Gasteiger partial charge in [-0.05, 0) is 63.5 Å². The molecule has 3 aromatic carbocycles. The fourth-order valence-corrected chi connectivity index (χ4v) is 5.04. The van der Waals surface area contributed by atoms with E-state index in [4.69, 9.17) is 14.7 Å². The standard InChI is InChI=1S/C31H28F2N6O2S/c1-19-35-28(20-7-4-8-21(17-20)36-30(40)27-24(32)11-6-12-25(27)33)29(42-19)26-13-14-34-31(38-26)37-22-9-5-10-23(18-22)41-16-15-39(2)3/h4-14,17-18H,15-16H2,1-3H3,(H,36,40)(H,34,37,38). The van der Waals surface area contributed by atoms with Gasteiger partial charge < -0.3 is 20.3 Å². The normalized spacial score (nSPS) is 11.0. The molecule has 0 aliphatic carbocycles. The molecule has 0 saturated heterocycles. The Morgan fingerprint density at radius 3 is 2.48 bits per heavy atom. The highest BCUT2D eigenvalue weighted by atomic mass is 32.1. The molecule has 8 nitrogen and oxygen atoms in total. The smallest absolute Gasteiger partial charge is 0.261 e. The van der Waals surface area contributed by atoms with Gasteiger partial charge in [0.2, 0.25) is 5.95 Å². The van der Waals surface area contributed by atoms with E-state index in [1.54, 1.807) is 30.5 Å². The Balaban J connectivity index is 1.37. The van der Waals surface area contributed by atoms with Crippen LogP contribution in [0.1, 0.15) is 15.4 Å². The molecule has 0 aliphatic heterocycles. The molecule has 214 valence electrons. The quantitative estimate of drug-likeness (QED) is 0.186. The Morgan fingerprint density at radius 2 is 1.69 bits per heavy atom. The first-order valence-electron chi connectivity index (χ1n) is 13.1. The third kappa shape index (κ3) is 6.93. The summed E-state index contributed by atoms with van der Waals surface area (Å²) in [5.74, 6) is -1.60. The summed E-state index contributed by atoms with van der Waals surface area (Å²) < 4.78 is 34.1. The first-order chi connectivity index (χ1) is 20.3. The molecule has 5 aromatic rings. The molecule has 1 amide bonds. The number of hydrogen-bond acceptors (Lipinski definition) is 8. The van der Waals surface area contributed by atoms with Gasteiger partial charge >= 0.3 is 0 Å². The summed E-state index contributed by atoms with van der Waals surface area (Å²) in [5.41, 5.74) is 2.54. The second-order valence-electron chi connectivity index (χ2n) is 9.61. The zero-order valence-corrected chi connectivity index (χ0v) is 24.0. The van der Waals surface area contributed by atoms with Gasteiger partial charge in [-0.15, -0.1) is 11.3 Å². The number of carbonyl (C=O) groups is 1. The van der Waals surface area contributed by atoms with Crippen LogP contribution in [0.4, 0.5) is 26.1 Å². The number of ether oxygens (including phenoxy) is 1. The Labute approximate surface area is 246 Å². The van der Waals surface area contributed by atoms with Gasteiger partial charge in [-0.1, -0.05) is 24.3 Å². The molecule has 0 saturated carbocycles. The topological polar surface area (TPSA) is 92.3 Å². The van der Waals surface area contributed by atoms with Gasteiger partial charge in [-0.2, -0.15) is 0 Å². The van der Waals surface area contributed by atoms with E-state index in [2.05, 4.69) is 20.5 Å². The molecule has 0 fully saturated rings. The molecule has 42 heavy (non-hydrogen) atoms. The van der Waals surface area contributed by atoms with Gasteiger partial charge in [0.25, 0.3) is 5.91 Å². The van der Waals surface area contributed by atoms with Gasteiger partial charge in [0.1, 0.15) is 29.6 Å². The minimum atomic E-state index is -0.933. The van der Waals surface area contributed by atoms with Crippen LogP contribution in [-0.4, -0.2) is 53.0 Å². The van der Waals surface area contributed by atoms with Crippen LogP contribution in [0.5, 0.6) is 5.75 Å². The predicted octanol–water partition coefficient (Wildman–Crippen LogP) is 6.79. The average molecular weight is 587 g/mol. The number of benzene rings is 3. The number of aryl methyl sites for hydroxylation is 1. The van der Waals surface area contributed by atoms with Crippen molar-refractivity contribution < 1.29 is 18.3 Å². The molecule has 2 N–H and O–H groups in total. The van der Waals surface area contributed by atoms with Crippen molar-refractivity contribution in [1.82, 2.24) is 19.9 Å². The third-order valence-corrected chi connectivity index (χ3v) is 7.10. The van der Waals surface area contributed by atoms with Crippen molar-refractivity contribution in [1.29, 1.82) is 0 Å². The molecule has 0 atom stereocenters. The fraction of sp³-hybridized carbons (Fsp3) is 0.161. The number of amides is 1. The third-order valence-electron chi connectivity index (χ3n) is 6.10. The lowest BCUT2D eigenvalue weighted by Crippen LogP contribution is -2.19. The number of likely N-dealkylation sites (N-methyl/N-ethyl adjacent to an activating group) is 1. The van der Waals surface area contributed by atoms with Crippen LogP contribution in [0.2, 0.25) is 0 Å². The Bertz CT molecular complexity index is 1710. The highest BCUT2D eigenvalue weighted by molar-refractivity contribution is 7.15. The lowest BCUT2D eigenvalue weighted by Gasteiger charge is -2.12. The number of halogens is 2. The van der Waals surface area contributed by atoms with E-state index in [0.29, 0.717) is 35.2 Å². The van der Waals surface area contributed by atoms with Gasteiger partial charge in [-0.25, -0.2) is 23.7 Å². The van der Waals surface area contributed by atoms with E-state index in [-0.39, 0.29) is 0 Å². The zero-order chi connectivity index (χ0) is 29.6. The van der Waals surface area contributed by atoms with Gasteiger partial charge in [0.05, 0.1) is 21.3 Å². The molecule has 0 bridgehead atoms. The summed E-state index contributed by atoms with van der Waals surface area (Å²) in [6, 6.07) is 19.6. The number of nitrogens with zero attached hydrogens (tertiary/aromatic N) is 4. The molecular weight excluding hydrogens is 558 g/mol. The van der Waals surface area contributed by atoms with E-state index in [9.17, 15) is 13.6 Å². The van der Waals surface area contributed by atoms with Crippen LogP contribution in [0.15, 0.2) is 79.0 Å². The summed E-state index contributed by atoms with van der Waals surface area (Å²) in [7, 11) is 3.99. The monoisotopic (exact) mass is 586 g/mol. The van der Waals surface area contributed by atoms with Gasteiger partial charge in [-0.3, -0.25) is 4.79 Å². The van der Waals surface area contributed by atoms with Crippen molar-refractivity contribution in [3.05, 3.63) is 101 Å². The number of rotatable bonds is 10. The number of carbonyl (C=O) groups excluding carboxylic acids is 1. The minimum absolute atomic E-state index is 0.370. The first kappa shape index (κ1) is 28.8. The maximum absolute atomic E-state index is 14.1. The summed E-state index contributed by atoms with van der Waals surface area (Å²) in [4.78, 5) is 29.3. The molecule has 2 aromatic heterocycles. The molecule has 0 spiro atoms. The van der Waals surface area contributed by atoms with E-state index in [0.717, 1.165) is 40.0 Å². The van der Waals surface area contributed by atoms with Crippen molar-refractivity contribution in [3.8, 4) is 27.6 Å². The summed E-state index contributed by atoms with van der Waals surface area (Å²) in [6.07, 6.45) is 1.67. The highest BCUT2D eigenvalue weighted by Gasteiger charge is 2.19. The average Bonchev–Trinajstić information content (AvgIpc) is 3.35. The maximum Gasteiger partial charge on any atom is 0.261 e. The lowest BCUT2D eigenvalue weighted by atomic mass is 10.1. The molecule has 0 radical (unpaired) electrons. The fourth-order valence-electron chi connectivity index (χ4n) is 4.13. The predicted molar refractivity (Wildman–Crippen MR) is 161 cm³/mol. The summed E-state index contributed by atoms with van der Waals surface area (Å²) in [6.45, 7) is 3.27. The van der Waals surface area contributed by atoms with E-state index < -0.39 is 23.1 Å². The second-order valence-corrected chi connectivity index (χ2v) is 10.8. The van der Waals surface area contributed by atoms with Crippen LogP contribution in [0, 0.1) is 18.6 Å². The van der Waals surface area contributed by atoms with Crippen molar-refractivity contribution in [2.45, 2.75) is 6.92 Å². The summed E-state index contributed by atoms with van der Waals surface area (Å²) >= 11 is 1.47. The Morgan fingerprint density at radius 1 is 0.952 bits per heavy atom. The summed E-state index contributed by atoms with van der Waals surface area (Å²) in [5, 5.41) is 6.64. The van der Waals surface area contributed by atoms with Crippen molar-refractivity contribution in [2.24, 2.45) is 0 Å². The van der Waals surface area contributed by atoms with E-state index >= 15 is 0 Å². The zero-order valence-electron chi connectivity index (χ0n) is 23.2. The van der Waals surface area contributed by atoms with E-state index in [1.807, 2.05) is 51.4 Å². The Kier molecular flexibility index (Phi) is 8.80. The molecule has 0 unspecified atom stereocenters. The second kappa shape index (κ2) is 12.8.